The predicted molar refractivity (Wildman–Crippen MR) is 257 cm³/mol. The summed E-state index contributed by atoms with van der Waals surface area (Å²) in [7, 11) is 0. The fraction of sp³-hybridized carbons (Fsp3) is 0.0169. The number of furan rings is 1. The SMILES string of the molecule is c1ccc(-c2cc3ccccc3c3c2oc2c(Cc4ccc(-c5ccc(-c6ccc(-c7ccc8c(c7)c7ccccc7n8-c7ccccc7)cc6)cc5)cc4)cccc23)cc1. The van der Waals surface area contributed by atoms with E-state index in [4.69, 9.17) is 4.42 Å². The van der Waals surface area contributed by atoms with Crippen molar-refractivity contribution in [2.24, 2.45) is 0 Å². The number of benzene rings is 10. The van der Waals surface area contributed by atoms with Crippen LogP contribution >= 0.6 is 0 Å². The molecular weight excluding hydrogens is 739 g/mol. The van der Waals surface area contributed by atoms with Gasteiger partial charge in [0.25, 0.3) is 0 Å². The second-order valence-corrected chi connectivity index (χ2v) is 16.1. The van der Waals surface area contributed by atoms with Crippen molar-refractivity contribution in [3.8, 4) is 50.2 Å². The fourth-order valence-electron chi connectivity index (χ4n) is 9.43. The zero-order chi connectivity index (χ0) is 40.3. The largest absolute Gasteiger partial charge is 0.455 e. The van der Waals surface area contributed by atoms with Crippen molar-refractivity contribution in [2.75, 3.05) is 0 Å². The molecule has 0 fully saturated rings. The van der Waals surface area contributed by atoms with E-state index in [-0.39, 0.29) is 0 Å². The Balaban J connectivity index is 0.798. The molecule has 0 aliphatic rings. The van der Waals surface area contributed by atoms with Crippen LogP contribution in [-0.4, -0.2) is 4.57 Å². The molecule has 2 nitrogen and oxygen atoms in total. The number of hydrogen-bond acceptors (Lipinski definition) is 1. The van der Waals surface area contributed by atoms with Crippen LogP contribution in [0.25, 0.3) is 105 Å². The van der Waals surface area contributed by atoms with E-state index in [1.807, 2.05) is 0 Å². The summed E-state index contributed by atoms with van der Waals surface area (Å²) in [6, 6.07) is 81.2. The molecule has 0 unspecified atom stereocenters. The summed E-state index contributed by atoms with van der Waals surface area (Å²) >= 11 is 0. The highest BCUT2D eigenvalue weighted by Gasteiger charge is 2.19. The molecule has 0 saturated heterocycles. The van der Waals surface area contributed by atoms with Crippen LogP contribution in [0.4, 0.5) is 0 Å². The maximum Gasteiger partial charge on any atom is 0.143 e. The molecule has 0 spiro atoms. The molecule has 10 aromatic carbocycles. The number of nitrogens with zero attached hydrogens (tertiary/aromatic N) is 1. The molecule has 61 heavy (non-hydrogen) atoms. The maximum atomic E-state index is 6.86. The summed E-state index contributed by atoms with van der Waals surface area (Å²) in [5, 5.41) is 7.32. The molecular formula is C59H39NO. The standard InChI is InChI=1S/C59H39NO/c1-3-12-45(13-4-1)53-38-47-14-7-8-18-50(47)57-52-20-11-15-48(58(52)61-59(53)57)36-39-22-24-40(25-23-39)41-26-28-42(29-27-41)43-30-32-44(33-31-43)46-34-35-56-54(37-46)51-19-9-10-21-55(51)60(56)49-16-5-2-6-17-49/h1-35,37-38H,36H2. The van der Waals surface area contributed by atoms with Gasteiger partial charge in [0.05, 0.1) is 11.0 Å². The minimum Gasteiger partial charge on any atom is -0.455 e. The highest BCUT2D eigenvalue weighted by Crippen LogP contribution is 2.42. The highest BCUT2D eigenvalue weighted by atomic mass is 16.3. The fourth-order valence-corrected chi connectivity index (χ4v) is 9.43. The van der Waals surface area contributed by atoms with E-state index in [0.29, 0.717) is 0 Å². The van der Waals surface area contributed by atoms with E-state index in [0.717, 1.165) is 34.1 Å². The van der Waals surface area contributed by atoms with E-state index in [9.17, 15) is 0 Å². The Morgan fingerprint density at radius 1 is 0.344 bits per heavy atom. The third-order valence-electron chi connectivity index (χ3n) is 12.5. The van der Waals surface area contributed by atoms with Crippen molar-refractivity contribution in [1.29, 1.82) is 0 Å². The van der Waals surface area contributed by atoms with Gasteiger partial charge >= 0.3 is 0 Å². The quantitative estimate of drug-likeness (QED) is 0.158. The van der Waals surface area contributed by atoms with E-state index >= 15 is 0 Å². The lowest BCUT2D eigenvalue weighted by Crippen LogP contribution is -1.92. The number of para-hydroxylation sites is 3. The molecule has 12 rings (SSSR count). The number of aromatic nitrogens is 1. The monoisotopic (exact) mass is 777 g/mol. The molecule has 2 heteroatoms. The average Bonchev–Trinajstić information content (AvgIpc) is 3.89. The minimum absolute atomic E-state index is 0.788. The lowest BCUT2D eigenvalue weighted by Gasteiger charge is -2.09. The van der Waals surface area contributed by atoms with Crippen LogP contribution < -0.4 is 0 Å². The van der Waals surface area contributed by atoms with Gasteiger partial charge in [0, 0.05) is 39.2 Å². The van der Waals surface area contributed by atoms with Gasteiger partial charge in [0.1, 0.15) is 11.2 Å². The van der Waals surface area contributed by atoms with Crippen LogP contribution in [0.1, 0.15) is 11.1 Å². The molecule has 286 valence electrons. The van der Waals surface area contributed by atoms with Gasteiger partial charge in [-0.2, -0.15) is 0 Å². The first-order valence-electron chi connectivity index (χ1n) is 21.0. The van der Waals surface area contributed by atoms with Crippen molar-refractivity contribution in [3.05, 3.63) is 236 Å². The summed E-state index contributed by atoms with van der Waals surface area (Å²) in [5.74, 6) is 0. The van der Waals surface area contributed by atoms with E-state index in [1.54, 1.807) is 0 Å². The summed E-state index contributed by atoms with van der Waals surface area (Å²) < 4.78 is 9.23. The van der Waals surface area contributed by atoms with Gasteiger partial charge in [0.2, 0.25) is 0 Å². The Morgan fingerprint density at radius 2 is 0.885 bits per heavy atom. The lowest BCUT2D eigenvalue weighted by molar-refractivity contribution is 0.665. The molecule has 0 amide bonds. The third kappa shape index (κ3) is 6.03. The topological polar surface area (TPSA) is 18.1 Å². The Labute approximate surface area is 354 Å². The summed E-state index contributed by atoms with van der Waals surface area (Å²) in [6.07, 6.45) is 0.788. The first kappa shape index (κ1) is 35.0. The van der Waals surface area contributed by atoms with E-state index in [2.05, 4.69) is 229 Å². The van der Waals surface area contributed by atoms with E-state index in [1.165, 1.54) is 88.2 Å². The Kier molecular flexibility index (Phi) is 8.28. The molecule has 0 bridgehead atoms. The van der Waals surface area contributed by atoms with Crippen LogP contribution in [0.5, 0.6) is 0 Å². The molecule has 0 atom stereocenters. The van der Waals surface area contributed by atoms with Crippen molar-refractivity contribution in [2.45, 2.75) is 6.42 Å². The van der Waals surface area contributed by atoms with Gasteiger partial charge in [-0.05, 0) is 97.2 Å². The number of fused-ring (bicyclic) bond motifs is 8. The van der Waals surface area contributed by atoms with Crippen molar-refractivity contribution >= 4 is 54.5 Å². The lowest BCUT2D eigenvalue weighted by atomic mass is 9.95. The Hall–Kier alpha value is -7.94. The molecule has 0 aliphatic heterocycles. The van der Waals surface area contributed by atoms with Crippen molar-refractivity contribution < 1.29 is 4.42 Å². The van der Waals surface area contributed by atoms with Crippen LogP contribution in [-0.2, 0) is 6.42 Å². The van der Waals surface area contributed by atoms with Gasteiger partial charge < -0.3 is 8.98 Å². The second kappa shape index (κ2) is 14.4. The normalized spacial score (nSPS) is 11.7. The smallest absolute Gasteiger partial charge is 0.143 e. The zero-order valence-electron chi connectivity index (χ0n) is 33.4. The van der Waals surface area contributed by atoms with Gasteiger partial charge in [0.15, 0.2) is 0 Å². The first-order valence-corrected chi connectivity index (χ1v) is 21.0. The van der Waals surface area contributed by atoms with Crippen LogP contribution in [0, 0.1) is 0 Å². The summed E-state index contributed by atoms with van der Waals surface area (Å²) in [4.78, 5) is 0. The van der Waals surface area contributed by atoms with Crippen molar-refractivity contribution in [1.82, 2.24) is 4.57 Å². The predicted octanol–water partition coefficient (Wildman–Crippen LogP) is 16.1. The molecule has 12 aromatic rings. The molecule has 0 N–H and O–H groups in total. The van der Waals surface area contributed by atoms with Gasteiger partial charge in [-0.25, -0.2) is 0 Å². The Morgan fingerprint density at radius 3 is 1.59 bits per heavy atom. The van der Waals surface area contributed by atoms with Gasteiger partial charge in [-0.15, -0.1) is 0 Å². The van der Waals surface area contributed by atoms with Crippen molar-refractivity contribution in [3.63, 3.8) is 0 Å². The maximum absolute atomic E-state index is 6.86. The third-order valence-corrected chi connectivity index (χ3v) is 12.5. The molecule has 0 saturated carbocycles. The summed E-state index contributed by atoms with van der Waals surface area (Å²) in [5.41, 5.74) is 17.5. The van der Waals surface area contributed by atoms with Gasteiger partial charge in [-0.1, -0.05) is 188 Å². The highest BCUT2D eigenvalue weighted by molar-refractivity contribution is 6.23. The minimum atomic E-state index is 0.788. The zero-order valence-corrected chi connectivity index (χ0v) is 33.4. The van der Waals surface area contributed by atoms with Gasteiger partial charge in [-0.3, -0.25) is 0 Å². The van der Waals surface area contributed by atoms with E-state index < -0.39 is 0 Å². The van der Waals surface area contributed by atoms with Crippen LogP contribution in [0.2, 0.25) is 0 Å². The summed E-state index contributed by atoms with van der Waals surface area (Å²) in [6.45, 7) is 0. The molecule has 0 radical (unpaired) electrons. The van der Waals surface area contributed by atoms with Crippen LogP contribution in [0.15, 0.2) is 229 Å². The second-order valence-electron chi connectivity index (χ2n) is 16.1. The Bertz CT molecular complexity index is 3560. The molecule has 2 heterocycles. The number of hydrogen-bond donors (Lipinski definition) is 0. The average molecular weight is 778 g/mol. The number of rotatable bonds is 7. The molecule has 0 aliphatic carbocycles. The van der Waals surface area contributed by atoms with Crippen LogP contribution in [0.3, 0.4) is 0 Å². The molecule has 2 aromatic heterocycles. The first-order chi connectivity index (χ1) is 30.2.